The van der Waals surface area contributed by atoms with E-state index in [0.717, 1.165) is 36.0 Å². The Morgan fingerprint density at radius 2 is 1.44 bits per heavy atom. The Balaban J connectivity index is 2.00. The van der Waals surface area contributed by atoms with Crippen LogP contribution in [-0.2, 0) is 30.3 Å². The highest BCUT2D eigenvalue weighted by Gasteiger charge is 2.41. The van der Waals surface area contributed by atoms with Crippen LogP contribution in [0.5, 0.6) is 0 Å². The zero-order chi connectivity index (χ0) is 31.9. The molecule has 0 saturated heterocycles. The molecule has 1 aliphatic carbocycles. The van der Waals surface area contributed by atoms with Crippen LogP contribution in [0, 0.1) is 13.8 Å². The third-order valence-electron chi connectivity index (χ3n) is 7.17. The standard InChI is InChI=1S/C34H47N3O6/c1-22-14-12-15-23(2)28(22)29(37(25-18-13-19-25)27(38)21-35-32(41)43-34(6,7)8)30(39)36-26(31(40)42-33(3,4)5)20-24-16-10-9-11-17-24/h9-12,14-17,25-26,29H,13,18-21H2,1-8H3,(H,35,41)(H,36,39). The van der Waals surface area contributed by atoms with E-state index in [1.807, 2.05) is 62.4 Å². The third-order valence-corrected chi connectivity index (χ3v) is 7.17. The largest absolute Gasteiger partial charge is 0.458 e. The van der Waals surface area contributed by atoms with Gasteiger partial charge in [0.2, 0.25) is 11.8 Å². The van der Waals surface area contributed by atoms with Crippen LogP contribution in [-0.4, -0.2) is 58.6 Å². The van der Waals surface area contributed by atoms with Gasteiger partial charge in [-0.1, -0.05) is 48.5 Å². The van der Waals surface area contributed by atoms with Crippen molar-refractivity contribution in [2.75, 3.05) is 6.54 Å². The van der Waals surface area contributed by atoms with E-state index >= 15 is 0 Å². The van der Waals surface area contributed by atoms with E-state index in [-0.39, 0.29) is 19.0 Å². The number of amides is 3. The summed E-state index contributed by atoms with van der Waals surface area (Å²) >= 11 is 0. The van der Waals surface area contributed by atoms with E-state index in [2.05, 4.69) is 10.6 Å². The SMILES string of the molecule is Cc1cccc(C)c1C(C(=O)NC(Cc1ccccc1)C(=O)OC(C)(C)C)N(C(=O)CNC(=O)OC(C)(C)C)C1CCC1. The molecule has 43 heavy (non-hydrogen) atoms. The average molecular weight is 594 g/mol. The maximum Gasteiger partial charge on any atom is 0.408 e. The van der Waals surface area contributed by atoms with Crippen molar-refractivity contribution in [2.45, 2.75) is 110 Å². The zero-order valence-electron chi connectivity index (χ0n) is 26.8. The number of carbonyl (C=O) groups is 4. The fourth-order valence-corrected chi connectivity index (χ4v) is 5.10. The maximum absolute atomic E-state index is 14.4. The van der Waals surface area contributed by atoms with Crippen molar-refractivity contribution in [3.63, 3.8) is 0 Å². The molecule has 3 rings (SSSR count). The second kappa shape index (κ2) is 14.1. The summed E-state index contributed by atoms with van der Waals surface area (Å²) in [7, 11) is 0. The number of hydrogen-bond acceptors (Lipinski definition) is 6. The van der Waals surface area contributed by atoms with Crippen LogP contribution in [0.4, 0.5) is 4.79 Å². The van der Waals surface area contributed by atoms with E-state index in [4.69, 9.17) is 9.47 Å². The van der Waals surface area contributed by atoms with Crippen molar-refractivity contribution in [2.24, 2.45) is 0 Å². The van der Waals surface area contributed by atoms with Gasteiger partial charge in [0.25, 0.3) is 0 Å². The van der Waals surface area contributed by atoms with Gasteiger partial charge in [-0.3, -0.25) is 9.59 Å². The lowest BCUT2D eigenvalue weighted by Gasteiger charge is -2.43. The van der Waals surface area contributed by atoms with E-state index in [1.165, 1.54) is 0 Å². The number of esters is 1. The monoisotopic (exact) mass is 593 g/mol. The predicted molar refractivity (Wildman–Crippen MR) is 165 cm³/mol. The Morgan fingerprint density at radius 1 is 0.860 bits per heavy atom. The molecule has 0 radical (unpaired) electrons. The molecule has 0 spiro atoms. The van der Waals surface area contributed by atoms with Crippen LogP contribution in [0.3, 0.4) is 0 Å². The van der Waals surface area contributed by atoms with Crippen molar-refractivity contribution in [3.8, 4) is 0 Å². The summed E-state index contributed by atoms with van der Waals surface area (Å²) in [5.74, 6) is -1.45. The van der Waals surface area contributed by atoms with Gasteiger partial charge in [0.15, 0.2) is 0 Å². The Kier molecular flexibility index (Phi) is 11.0. The summed E-state index contributed by atoms with van der Waals surface area (Å²) in [5, 5.41) is 5.51. The van der Waals surface area contributed by atoms with Crippen molar-refractivity contribution in [1.82, 2.24) is 15.5 Å². The zero-order valence-corrected chi connectivity index (χ0v) is 26.8. The van der Waals surface area contributed by atoms with E-state index in [0.29, 0.717) is 5.56 Å². The van der Waals surface area contributed by atoms with Crippen LogP contribution in [0.1, 0.15) is 89.1 Å². The van der Waals surface area contributed by atoms with Gasteiger partial charge >= 0.3 is 12.1 Å². The molecule has 1 saturated carbocycles. The van der Waals surface area contributed by atoms with Gasteiger partial charge in [0.05, 0.1) is 0 Å². The van der Waals surface area contributed by atoms with Crippen LogP contribution in [0.2, 0.25) is 0 Å². The van der Waals surface area contributed by atoms with Gasteiger partial charge in [-0.05, 0) is 96.9 Å². The number of carbonyl (C=O) groups excluding carboxylic acids is 4. The van der Waals surface area contributed by atoms with Crippen LogP contribution < -0.4 is 10.6 Å². The lowest BCUT2D eigenvalue weighted by molar-refractivity contribution is -0.159. The van der Waals surface area contributed by atoms with Crippen LogP contribution in [0.25, 0.3) is 0 Å². The highest BCUT2D eigenvalue weighted by atomic mass is 16.6. The van der Waals surface area contributed by atoms with Crippen molar-refractivity contribution in [3.05, 3.63) is 70.8 Å². The summed E-state index contributed by atoms with van der Waals surface area (Å²) < 4.78 is 11.0. The number of ether oxygens (including phenoxy) is 2. The van der Waals surface area contributed by atoms with Crippen LogP contribution >= 0.6 is 0 Å². The number of nitrogens with zero attached hydrogens (tertiary/aromatic N) is 1. The lowest BCUT2D eigenvalue weighted by Crippen LogP contribution is -2.56. The molecular formula is C34H47N3O6. The molecule has 1 fully saturated rings. The molecule has 2 N–H and O–H groups in total. The first-order valence-electron chi connectivity index (χ1n) is 15.0. The molecular weight excluding hydrogens is 546 g/mol. The highest BCUT2D eigenvalue weighted by Crippen LogP contribution is 2.35. The average Bonchev–Trinajstić information content (AvgIpc) is 2.85. The number of nitrogens with one attached hydrogen (secondary N) is 2. The minimum Gasteiger partial charge on any atom is -0.458 e. The van der Waals surface area contributed by atoms with Crippen molar-refractivity contribution in [1.29, 1.82) is 0 Å². The van der Waals surface area contributed by atoms with Gasteiger partial charge in [0, 0.05) is 12.5 Å². The first-order chi connectivity index (χ1) is 20.1. The second-order valence-electron chi connectivity index (χ2n) is 13.2. The maximum atomic E-state index is 14.4. The Hall–Kier alpha value is -3.88. The summed E-state index contributed by atoms with van der Waals surface area (Å²) in [6, 6.07) is 12.9. The molecule has 2 atom stereocenters. The number of hydrogen-bond donors (Lipinski definition) is 2. The van der Waals surface area contributed by atoms with E-state index in [9.17, 15) is 19.2 Å². The number of alkyl carbamates (subject to hydrolysis) is 1. The summed E-state index contributed by atoms with van der Waals surface area (Å²) in [4.78, 5) is 55.7. The molecule has 1 aliphatic rings. The van der Waals surface area contributed by atoms with Gasteiger partial charge in [0.1, 0.15) is 29.8 Å². The molecule has 9 heteroatoms. The molecule has 0 bridgehead atoms. The fraction of sp³-hybridized carbons (Fsp3) is 0.529. The highest BCUT2D eigenvalue weighted by molar-refractivity contribution is 5.93. The normalized spacial score (nSPS) is 15.0. The van der Waals surface area contributed by atoms with Crippen molar-refractivity contribution < 1.29 is 28.7 Å². The smallest absolute Gasteiger partial charge is 0.408 e. The quantitative estimate of drug-likeness (QED) is 0.361. The van der Waals surface area contributed by atoms with Gasteiger partial charge in [-0.15, -0.1) is 0 Å². The van der Waals surface area contributed by atoms with Crippen LogP contribution in [0.15, 0.2) is 48.5 Å². The van der Waals surface area contributed by atoms with Gasteiger partial charge < -0.3 is 25.0 Å². The third kappa shape index (κ3) is 9.83. The number of benzene rings is 2. The minimum absolute atomic E-state index is 0.197. The Morgan fingerprint density at radius 3 is 1.95 bits per heavy atom. The Labute approximate surface area is 255 Å². The summed E-state index contributed by atoms with van der Waals surface area (Å²) in [6.07, 6.45) is 1.89. The molecule has 234 valence electrons. The predicted octanol–water partition coefficient (Wildman–Crippen LogP) is 5.32. The molecule has 3 amide bonds. The summed E-state index contributed by atoms with van der Waals surface area (Å²) in [6.45, 7) is 14.0. The first kappa shape index (κ1) is 33.6. The molecule has 0 heterocycles. The topological polar surface area (TPSA) is 114 Å². The molecule has 0 aromatic heterocycles. The molecule has 2 unspecified atom stereocenters. The number of aryl methyl sites for hydroxylation is 2. The first-order valence-corrected chi connectivity index (χ1v) is 15.0. The van der Waals surface area contributed by atoms with E-state index in [1.54, 1.807) is 46.4 Å². The molecule has 2 aromatic carbocycles. The van der Waals surface area contributed by atoms with Gasteiger partial charge in [-0.25, -0.2) is 9.59 Å². The summed E-state index contributed by atoms with van der Waals surface area (Å²) in [5.41, 5.74) is 1.75. The van der Waals surface area contributed by atoms with E-state index < -0.39 is 47.2 Å². The molecule has 9 nitrogen and oxygen atoms in total. The van der Waals surface area contributed by atoms with Crippen molar-refractivity contribution >= 4 is 23.9 Å². The van der Waals surface area contributed by atoms with Gasteiger partial charge in [-0.2, -0.15) is 0 Å². The Bertz CT molecular complexity index is 1270. The molecule has 0 aliphatic heterocycles. The number of rotatable bonds is 10. The second-order valence-corrected chi connectivity index (χ2v) is 13.2. The molecule has 2 aromatic rings. The minimum atomic E-state index is -1.03. The lowest BCUT2D eigenvalue weighted by atomic mass is 9.86. The fourth-order valence-electron chi connectivity index (χ4n) is 5.10.